The van der Waals surface area contributed by atoms with Crippen molar-refractivity contribution >= 4 is 18.0 Å². The highest BCUT2D eigenvalue weighted by Crippen LogP contribution is 2.62. The van der Waals surface area contributed by atoms with E-state index in [9.17, 15) is 26.5 Å². The van der Waals surface area contributed by atoms with Crippen molar-refractivity contribution in [2.24, 2.45) is 0 Å². The molecule has 1 aliphatic heterocycles. The van der Waals surface area contributed by atoms with Crippen molar-refractivity contribution in [1.82, 2.24) is 0 Å². The zero-order chi connectivity index (χ0) is 12.6. The van der Waals surface area contributed by atoms with Crippen molar-refractivity contribution in [2.45, 2.75) is 11.6 Å². The van der Waals surface area contributed by atoms with Crippen molar-refractivity contribution in [3.63, 3.8) is 0 Å². The molecule has 0 amide bonds. The van der Waals surface area contributed by atoms with Crippen LogP contribution >= 0.6 is 8.17 Å². The average molecular weight is 285 g/mol. The lowest BCUT2D eigenvalue weighted by atomic mass is 10.4. The number of hydrogen-bond donors (Lipinski definition) is 1. The Morgan fingerprint density at radius 1 is 1.56 bits per heavy atom. The van der Waals surface area contributed by atoms with Crippen molar-refractivity contribution in [3.05, 3.63) is 0 Å². The molecular formula is C5H9F3O6PS. The molecule has 0 saturated carbocycles. The monoisotopic (exact) mass is 285 g/mol. The van der Waals surface area contributed by atoms with E-state index in [2.05, 4.69) is 13.6 Å². The summed E-state index contributed by atoms with van der Waals surface area (Å²) in [5.41, 5.74) is -5.34. The molecule has 97 valence electrons. The molecule has 0 bridgehead atoms. The van der Waals surface area contributed by atoms with E-state index in [-0.39, 0.29) is 0 Å². The number of halogens is 3. The topological polar surface area (TPSA) is 82.1 Å². The molecule has 16 heavy (non-hydrogen) atoms. The van der Waals surface area contributed by atoms with Crippen LogP contribution in [-0.4, -0.2) is 44.4 Å². The Hall–Kier alpha value is 0.01000. The first-order valence-corrected chi connectivity index (χ1v) is 7.04. The van der Waals surface area contributed by atoms with Gasteiger partial charge >= 0.3 is 13.7 Å². The van der Waals surface area contributed by atoms with Gasteiger partial charge in [-0.05, 0) is 0 Å². The second-order valence-corrected chi connectivity index (χ2v) is 6.70. The predicted octanol–water partition coefficient (Wildman–Crippen LogP) is 0.653. The van der Waals surface area contributed by atoms with Crippen LogP contribution in [0.3, 0.4) is 0 Å². The summed E-state index contributed by atoms with van der Waals surface area (Å²) in [6.45, 7) is -0.465. The molecule has 1 heterocycles. The molecule has 2 unspecified atom stereocenters. The van der Waals surface area contributed by atoms with Crippen LogP contribution in [0.1, 0.15) is 0 Å². The lowest BCUT2D eigenvalue weighted by molar-refractivity contribution is -0.0442. The summed E-state index contributed by atoms with van der Waals surface area (Å²) in [6.07, 6.45) is -1.38. The number of rotatable bonds is 3. The Morgan fingerprint density at radius 2 is 2.12 bits per heavy atom. The quantitative estimate of drug-likeness (QED) is 0.767. The normalized spacial score (nSPS) is 31.9. The molecule has 0 aromatic rings. The molecule has 0 aromatic carbocycles. The molecule has 6 nitrogen and oxygen atoms in total. The van der Waals surface area contributed by atoms with Gasteiger partial charge in [0.1, 0.15) is 6.10 Å². The van der Waals surface area contributed by atoms with Crippen LogP contribution in [0.5, 0.6) is 0 Å². The van der Waals surface area contributed by atoms with Gasteiger partial charge in [-0.1, -0.05) is 0 Å². The standard InChI is InChI=1S/C5H9F3O6PS/c1-12-15(9)13-2-4(14-15)3-16(10,11)5(6,7)8/h4,9H,2-3H2,1H3. The third-order valence-corrected chi connectivity index (χ3v) is 4.71. The molecule has 11 heteroatoms. The largest absolute Gasteiger partial charge is 0.497 e. The second-order valence-electron chi connectivity index (χ2n) is 2.90. The van der Waals surface area contributed by atoms with E-state index in [0.29, 0.717) is 0 Å². The van der Waals surface area contributed by atoms with Crippen LogP contribution in [0, 0.1) is 0 Å². The summed E-state index contributed by atoms with van der Waals surface area (Å²) in [6, 6.07) is 0. The number of hydrogen-bond acceptors (Lipinski definition) is 6. The first-order valence-electron chi connectivity index (χ1n) is 3.89. The predicted molar refractivity (Wildman–Crippen MR) is 46.8 cm³/mol. The number of sulfone groups is 1. The smallest absolute Gasteiger partial charge is 0.314 e. The maximum atomic E-state index is 12.0. The number of alkyl halides is 3. The first-order chi connectivity index (χ1) is 7.10. The van der Waals surface area contributed by atoms with Gasteiger partial charge in [-0.3, -0.25) is 9.05 Å². The van der Waals surface area contributed by atoms with Crippen molar-refractivity contribution in [1.29, 1.82) is 0 Å². The highest BCUT2D eigenvalue weighted by Gasteiger charge is 2.50. The van der Waals surface area contributed by atoms with Crippen LogP contribution < -0.4 is 0 Å². The highest BCUT2D eigenvalue weighted by atomic mass is 32.2. The maximum Gasteiger partial charge on any atom is 0.497 e. The van der Waals surface area contributed by atoms with Gasteiger partial charge in [0, 0.05) is 7.11 Å². The summed E-state index contributed by atoms with van der Waals surface area (Å²) in [5.74, 6) is -1.30. The first kappa shape index (κ1) is 14.1. The van der Waals surface area contributed by atoms with E-state index in [1.807, 2.05) is 0 Å². The fraction of sp³-hybridized carbons (Fsp3) is 1.00. The average Bonchev–Trinajstić information content (AvgIpc) is 2.46. The summed E-state index contributed by atoms with van der Waals surface area (Å²) >= 11 is 0. The Bertz CT molecular complexity index is 356. The van der Waals surface area contributed by atoms with E-state index in [0.717, 1.165) is 7.11 Å². The summed E-state index contributed by atoms with van der Waals surface area (Å²) < 4.78 is 70.9. The summed E-state index contributed by atoms with van der Waals surface area (Å²) in [7, 11) is -7.88. The Kier molecular flexibility index (Phi) is 3.83. The van der Waals surface area contributed by atoms with Gasteiger partial charge < -0.3 is 9.42 Å². The summed E-state index contributed by atoms with van der Waals surface area (Å²) in [4.78, 5) is 9.24. The van der Waals surface area contributed by atoms with Gasteiger partial charge in [0.05, 0.1) is 12.4 Å². The third-order valence-electron chi connectivity index (χ3n) is 1.69. The van der Waals surface area contributed by atoms with Gasteiger partial charge in [-0.25, -0.2) is 8.42 Å². The molecule has 1 aliphatic rings. The van der Waals surface area contributed by atoms with E-state index in [4.69, 9.17) is 0 Å². The van der Waals surface area contributed by atoms with Gasteiger partial charge in [-0.15, -0.1) is 0 Å². The zero-order valence-corrected chi connectivity index (χ0v) is 9.68. The maximum absolute atomic E-state index is 12.0. The molecule has 1 N–H and O–H groups in total. The Labute approximate surface area is 89.9 Å². The van der Waals surface area contributed by atoms with Gasteiger partial charge in [0.2, 0.25) is 0 Å². The van der Waals surface area contributed by atoms with Gasteiger partial charge in [0.25, 0.3) is 9.84 Å². The molecule has 2 atom stereocenters. The SMILES string of the molecule is CO[P]1(O)OCC(CS(=O)(=O)C(F)(F)F)O1. The van der Waals surface area contributed by atoms with Crippen LogP contribution in [0.25, 0.3) is 0 Å². The van der Waals surface area contributed by atoms with Crippen LogP contribution in [0.2, 0.25) is 0 Å². The molecule has 1 radical (unpaired) electrons. The van der Waals surface area contributed by atoms with Crippen LogP contribution in [0.15, 0.2) is 0 Å². The van der Waals surface area contributed by atoms with Crippen molar-refractivity contribution in [3.8, 4) is 0 Å². The van der Waals surface area contributed by atoms with E-state index >= 15 is 0 Å². The minimum absolute atomic E-state index is 0.465. The molecule has 0 spiro atoms. The van der Waals surface area contributed by atoms with Crippen LogP contribution in [-0.2, 0) is 23.4 Å². The Balaban J connectivity index is 2.66. The van der Waals surface area contributed by atoms with Crippen LogP contribution in [0.4, 0.5) is 13.2 Å². The van der Waals surface area contributed by atoms with E-state index < -0.39 is 42.0 Å². The zero-order valence-electron chi connectivity index (χ0n) is 7.97. The molecular weight excluding hydrogens is 276 g/mol. The minimum atomic E-state index is -5.34. The molecule has 0 aromatic heterocycles. The third kappa shape index (κ3) is 3.02. The second kappa shape index (κ2) is 4.35. The van der Waals surface area contributed by atoms with Gasteiger partial charge in [-0.2, -0.15) is 13.2 Å². The minimum Gasteiger partial charge on any atom is -0.314 e. The van der Waals surface area contributed by atoms with Crippen molar-refractivity contribution in [2.75, 3.05) is 19.5 Å². The molecule has 1 saturated heterocycles. The lowest BCUT2D eigenvalue weighted by Crippen LogP contribution is -2.33. The van der Waals surface area contributed by atoms with Gasteiger partial charge in [0.15, 0.2) is 0 Å². The fourth-order valence-electron chi connectivity index (χ4n) is 0.940. The Morgan fingerprint density at radius 3 is 2.50 bits per heavy atom. The van der Waals surface area contributed by atoms with E-state index in [1.54, 1.807) is 0 Å². The summed E-state index contributed by atoms with van der Waals surface area (Å²) in [5, 5.41) is 0. The van der Waals surface area contributed by atoms with E-state index in [1.165, 1.54) is 0 Å². The molecule has 1 fully saturated rings. The lowest BCUT2D eigenvalue weighted by Gasteiger charge is -2.18. The van der Waals surface area contributed by atoms with Crippen molar-refractivity contribution < 1.29 is 40.1 Å². The highest BCUT2D eigenvalue weighted by molar-refractivity contribution is 7.92. The molecule has 1 rings (SSSR count). The fourth-order valence-corrected chi connectivity index (χ4v) is 3.00. The molecule has 0 aliphatic carbocycles.